The molecule has 1 aromatic carbocycles. The number of aromatic carboxylic acids is 1. The molecular weight excluding hydrogens is 378 g/mol. The first-order chi connectivity index (χ1) is 12.4. The van der Waals surface area contributed by atoms with Crippen LogP contribution >= 0.6 is 22.9 Å². The molecule has 0 fully saturated rings. The summed E-state index contributed by atoms with van der Waals surface area (Å²) in [5, 5.41) is 20.0. The van der Waals surface area contributed by atoms with E-state index in [2.05, 4.69) is 15.5 Å². The molecule has 0 saturated carbocycles. The fraction of sp³-hybridized carbons (Fsp3) is 0.0588. The summed E-state index contributed by atoms with van der Waals surface area (Å²) in [5.41, 5.74) is 0.917. The molecule has 0 aliphatic rings. The molecule has 0 saturated heterocycles. The number of H-pyrrole nitrogens is 1. The Kier molecular flexibility index (Phi) is 5.15. The van der Waals surface area contributed by atoms with E-state index in [0.29, 0.717) is 16.3 Å². The Hall–Kier alpha value is -2.97. The zero-order valence-electron chi connectivity index (χ0n) is 13.2. The Morgan fingerprint density at radius 1 is 1.23 bits per heavy atom. The molecule has 132 valence electrons. The second-order valence-corrected chi connectivity index (χ2v) is 6.66. The fourth-order valence-electron chi connectivity index (χ4n) is 2.18. The van der Waals surface area contributed by atoms with Crippen LogP contribution in [0.2, 0.25) is 5.02 Å². The number of nitrogens with one attached hydrogen (secondary N) is 2. The zero-order valence-corrected chi connectivity index (χ0v) is 14.7. The largest absolute Gasteiger partial charge is 0.477 e. The predicted octanol–water partition coefficient (Wildman–Crippen LogP) is 2.78. The third-order valence-corrected chi connectivity index (χ3v) is 4.69. The van der Waals surface area contributed by atoms with Crippen molar-refractivity contribution in [2.45, 2.75) is 6.54 Å². The molecule has 0 radical (unpaired) electrons. The van der Waals surface area contributed by atoms with Gasteiger partial charge in [0.25, 0.3) is 11.5 Å². The van der Waals surface area contributed by atoms with Crippen LogP contribution in [0.4, 0.5) is 0 Å². The Balaban J connectivity index is 1.80. The maximum absolute atomic E-state index is 12.3. The molecule has 3 aromatic rings. The molecule has 0 atom stereocenters. The summed E-state index contributed by atoms with van der Waals surface area (Å²) in [6.45, 7) is 0.231. The molecule has 0 spiro atoms. The summed E-state index contributed by atoms with van der Waals surface area (Å²) in [7, 11) is 0. The molecule has 3 rings (SSSR count). The lowest BCUT2D eigenvalue weighted by Gasteiger charge is -2.06. The number of nitrogens with zero attached hydrogens (tertiary/aromatic N) is 1. The molecule has 26 heavy (non-hydrogen) atoms. The molecule has 7 nitrogen and oxygen atoms in total. The number of carbonyl (C=O) groups excluding carboxylic acids is 1. The summed E-state index contributed by atoms with van der Waals surface area (Å²) in [6, 6.07) is 9.72. The van der Waals surface area contributed by atoms with E-state index >= 15 is 0 Å². The molecule has 0 aliphatic carbocycles. The standard InChI is InChI=1S/C17H12ClN3O4S/c18-11-3-1-9(2-4-11)7-19-15(22)12-6-13(20-21-16(12)23)10-5-14(17(24)25)26-8-10/h1-6,8H,7H2,(H,19,22)(H,21,23)(H,24,25). The fourth-order valence-corrected chi connectivity index (χ4v) is 3.05. The molecule has 1 amide bonds. The van der Waals surface area contributed by atoms with E-state index in [9.17, 15) is 14.4 Å². The van der Waals surface area contributed by atoms with Crippen molar-refractivity contribution in [3.05, 3.63) is 73.2 Å². The van der Waals surface area contributed by atoms with Gasteiger partial charge in [-0.25, -0.2) is 9.89 Å². The first kappa shape index (κ1) is 17.8. The summed E-state index contributed by atoms with van der Waals surface area (Å²) in [4.78, 5) is 35.4. The molecular formula is C17H12ClN3O4S. The van der Waals surface area contributed by atoms with Crippen molar-refractivity contribution in [2.75, 3.05) is 0 Å². The van der Waals surface area contributed by atoms with Gasteiger partial charge in [-0.2, -0.15) is 5.10 Å². The van der Waals surface area contributed by atoms with Crippen LogP contribution < -0.4 is 10.9 Å². The van der Waals surface area contributed by atoms with Crippen LogP contribution in [-0.4, -0.2) is 27.2 Å². The molecule has 0 unspecified atom stereocenters. The van der Waals surface area contributed by atoms with Gasteiger partial charge >= 0.3 is 5.97 Å². The van der Waals surface area contributed by atoms with E-state index in [0.717, 1.165) is 16.9 Å². The number of carbonyl (C=O) groups is 2. The molecule has 9 heteroatoms. The molecule has 3 N–H and O–H groups in total. The van der Waals surface area contributed by atoms with Crippen molar-refractivity contribution >= 4 is 34.8 Å². The number of benzene rings is 1. The quantitative estimate of drug-likeness (QED) is 0.621. The number of aromatic nitrogens is 2. The highest BCUT2D eigenvalue weighted by molar-refractivity contribution is 7.12. The van der Waals surface area contributed by atoms with Gasteiger partial charge in [0.1, 0.15) is 10.4 Å². The smallest absolute Gasteiger partial charge is 0.345 e. The lowest BCUT2D eigenvalue weighted by atomic mass is 10.1. The zero-order chi connectivity index (χ0) is 18.7. The van der Waals surface area contributed by atoms with E-state index in [1.54, 1.807) is 29.6 Å². The van der Waals surface area contributed by atoms with Crippen molar-refractivity contribution in [3.8, 4) is 11.3 Å². The van der Waals surface area contributed by atoms with Crippen LogP contribution in [0, 0.1) is 0 Å². The average molecular weight is 390 g/mol. The maximum atomic E-state index is 12.3. The Bertz CT molecular complexity index is 1030. The number of hydrogen-bond donors (Lipinski definition) is 3. The van der Waals surface area contributed by atoms with E-state index in [-0.39, 0.29) is 17.0 Å². The number of carboxylic acid groups (broad SMARTS) is 1. The molecule has 2 aromatic heterocycles. The van der Waals surface area contributed by atoms with E-state index in [1.165, 1.54) is 12.1 Å². The Labute approximate surface area is 156 Å². The summed E-state index contributed by atoms with van der Waals surface area (Å²) in [6.07, 6.45) is 0. The number of halogens is 1. The second-order valence-electron chi connectivity index (χ2n) is 5.31. The van der Waals surface area contributed by atoms with Crippen LogP contribution in [0.3, 0.4) is 0 Å². The van der Waals surface area contributed by atoms with Gasteiger partial charge in [0.05, 0.1) is 5.69 Å². The third-order valence-electron chi connectivity index (χ3n) is 3.52. The van der Waals surface area contributed by atoms with Gasteiger partial charge in [-0.3, -0.25) is 9.59 Å². The van der Waals surface area contributed by atoms with Gasteiger partial charge in [-0.05, 0) is 29.8 Å². The van der Waals surface area contributed by atoms with Crippen LogP contribution in [0.15, 0.2) is 46.6 Å². The van der Waals surface area contributed by atoms with Crippen molar-refractivity contribution in [2.24, 2.45) is 0 Å². The van der Waals surface area contributed by atoms with Gasteiger partial charge < -0.3 is 10.4 Å². The van der Waals surface area contributed by atoms with Gasteiger partial charge in [-0.1, -0.05) is 23.7 Å². The lowest BCUT2D eigenvalue weighted by Crippen LogP contribution is -2.29. The highest BCUT2D eigenvalue weighted by Gasteiger charge is 2.15. The van der Waals surface area contributed by atoms with Crippen molar-refractivity contribution in [3.63, 3.8) is 0 Å². The van der Waals surface area contributed by atoms with Crippen molar-refractivity contribution in [1.82, 2.24) is 15.5 Å². The minimum atomic E-state index is -1.05. The van der Waals surface area contributed by atoms with Crippen LogP contribution in [0.1, 0.15) is 25.6 Å². The summed E-state index contributed by atoms with van der Waals surface area (Å²) in [5.74, 6) is -1.61. The number of rotatable bonds is 5. The van der Waals surface area contributed by atoms with Gasteiger partial charge in [-0.15, -0.1) is 11.3 Å². The third kappa shape index (κ3) is 3.98. The minimum absolute atomic E-state index is 0.105. The summed E-state index contributed by atoms with van der Waals surface area (Å²) < 4.78 is 0. The SMILES string of the molecule is O=C(O)c1cc(-c2cc(C(=O)NCc3ccc(Cl)cc3)c(=O)[nH]n2)cs1. The highest BCUT2D eigenvalue weighted by Crippen LogP contribution is 2.23. The first-order valence-corrected chi connectivity index (χ1v) is 8.64. The Morgan fingerprint density at radius 3 is 2.62 bits per heavy atom. The normalized spacial score (nSPS) is 10.5. The van der Waals surface area contributed by atoms with Crippen LogP contribution in [-0.2, 0) is 6.54 Å². The topological polar surface area (TPSA) is 112 Å². The number of aromatic amines is 1. The van der Waals surface area contributed by atoms with Crippen molar-refractivity contribution in [1.29, 1.82) is 0 Å². The summed E-state index contributed by atoms with van der Waals surface area (Å²) >= 11 is 6.85. The predicted molar refractivity (Wildman–Crippen MR) is 97.8 cm³/mol. The number of thiophene rings is 1. The molecule has 0 bridgehead atoms. The maximum Gasteiger partial charge on any atom is 0.345 e. The van der Waals surface area contributed by atoms with Crippen molar-refractivity contribution < 1.29 is 14.7 Å². The van der Waals surface area contributed by atoms with Crippen LogP contribution in [0.25, 0.3) is 11.3 Å². The average Bonchev–Trinajstić information content (AvgIpc) is 3.12. The molecule has 0 aliphatic heterocycles. The van der Waals surface area contributed by atoms with E-state index < -0.39 is 17.4 Å². The van der Waals surface area contributed by atoms with Crippen LogP contribution in [0.5, 0.6) is 0 Å². The number of hydrogen-bond acceptors (Lipinski definition) is 5. The van der Waals surface area contributed by atoms with Gasteiger partial charge in [0.2, 0.25) is 0 Å². The Morgan fingerprint density at radius 2 is 1.96 bits per heavy atom. The molecule has 2 heterocycles. The first-order valence-electron chi connectivity index (χ1n) is 7.38. The highest BCUT2D eigenvalue weighted by atomic mass is 35.5. The number of carboxylic acids is 1. The van der Waals surface area contributed by atoms with E-state index in [1.807, 2.05) is 0 Å². The lowest BCUT2D eigenvalue weighted by molar-refractivity contribution is 0.0702. The van der Waals surface area contributed by atoms with E-state index in [4.69, 9.17) is 16.7 Å². The second kappa shape index (κ2) is 7.51. The minimum Gasteiger partial charge on any atom is -0.477 e. The van der Waals surface area contributed by atoms with Gasteiger partial charge in [0.15, 0.2) is 0 Å². The monoisotopic (exact) mass is 389 g/mol. The number of amides is 1. The van der Waals surface area contributed by atoms with Gasteiger partial charge in [0, 0.05) is 22.5 Å².